The summed E-state index contributed by atoms with van der Waals surface area (Å²) in [6.45, 7) is 1.20. The first-order valence-corrected chi connectivity index (χ1v) is 3.87. The highest BCUT2D eigenvalue weighted by molar-refractivity contribution is 5.92. The van der Waals surface area contributed by atoms with Crippen molar-refractivity contribution in [1.82, 2.24) is 5.32 Å². The smallest absolute Gasteiger partial charge is 0.349 e. The van der Waals surface area contributed by atoms with E-state index in [4.69, 9.17) is 0 Å². The summed E-state index contributed by atoms with van der Waals surface area (Å²) in [6, 6.07) is -1.83. The second-order valence-electron chi connectivity index (χ2n) is 2.68. The predicted molar refractivity (Wildman–Crippen MR) is 39.3 cm³/mol. The van der Waals surface area contributed by atoms with Gasteiger partial charge in [0.25, 0.3) is 0 Å². The van der Waals surface area contributed by atoms with Gasteiger partial charge in [0, 0.05) is 0 Å². The Kier molecular flexibility index (Phi) is 4.17. The van der Waals surface area contributed by atoms with Gasteiger partial charge in [-0.25, -0.2) is 0 Å². The van der Waals surface area contributed by atoms with Crippen LogP contribution in [0.15, 0.2) is 0 Å². The first-order valence-electron chi connectivity index (χ1n) is 3.87. The van der Waals surface area contributed by atoms with Crippen LogP contribution in [0.4, 0.5) is 22.0 Å². The summed E-state index contributed by atoms with van der Waals surface area (Å²) in [6.07, 6.45) is -6.39. The van der Waals surface area contributed by atoms with E-state index in [2.05, 4.69) is 0 Å². The van der Waals surface area contributed by atoms with Gasteiger partial charge in [-0.2, -0.15) is 22.0 Å². The van der Waals surface area contributed by atoms with Gasteiger partial charge < -0.3 is 5.32 Å². The molecule has 1 amide bonds. The first kappa shape index (κ1) is 13.8. The minimum atomic E-state index is -5.94. The van der Waals surface area contributed by atoms with Crippen LogP contribution in [0, 0.1) is 0 Å². The number of Topliss-reactive ketones (excluding diaryl/α,β-unsaturated/α-hetero) is 1. The first-order chi connectivity index (χ1) is 6.68. The largest absolute Gasteiger partial charge is 0.461 e. The maximum absolute atomic E-state index is 12.5. The SMILES string of the molecule is CC[C@H](NC=O)C(=O)C(F)(F)C(F)(F)F. The van der Waals surface area contributed by atoms with Crippen molar-refractivity contribution in [3.8, 4) is 0 Å². The van der Waals surface area contributed by atoms with Gasteiger partial charge >= 0.3 is 12.1 Å². The molecule has 0 unspecified atom stereocenters. The number of rotatable bonds is 5. The lowest BCUT2D eigenvalue weighted by Crippen LogP contribution is -2.52. The highest BCUT2D eigenvalue weighted by atomic mass is 19.4. The Balaban J connectivity index is 4.89. The minimum absolute atomic E-state index is 0.0987. The quantitative estimate of drug-likeness (QED) is 0.574. The van der Waals surface area contributed by atoms with Crippen molar-refractivity contribution in [2.75, 3.05) is 0 Å². The van der Waals surface area contributed by atoms with E-state index in [1.165, 1.54) is 6.92 Å². The molecule has 8 heteroatoms. The van der Waals surface area contributed by atoms with Crippen LogP contribution in [0.1, 0.15) is 13.3 Å². The molecular weight excluding hydrogens is 225 g/mol. The van der Waals surface area contributed by atoms with Crippen LogP contribution in [0.2, 0.25) is 0 Å². The molecule has 0 heterocycles. The fraction of sp³-hybridized carbons (Fsp3) is 0.714. The van der Waals surface area contributed by atoms with Crippen LogP contribution in [-0.2, 0) is 9.59 Å². The number of hydrogen-bond donors (Lipinski definition) is 1. The summed E-state index contributed by atoms with van der Waals surface area (Å²) in [5.74, 6) is -7.80. The Bertz CT molecular complexity index is 250. The van der Waals surface area contributed by atoms with E-state index in [0.717, 1.165) is 0 Å². The third-order valence-corrected chi connectivity index (χ3v) is 1.66. The molecule has 0 bridgehead atoms. The fourth-order valence-corrected chi connectivity index (χ4v) is 0.820. The van der Waals surface area contributed by atoms with Gasteiger partial charge in [-0.1, -0.05) is 6.92 Å². The Morgan fingerprint density at radius 3 is 2.07 bits per heavy atom. The minimum Gasteiger partial charge on any atom is -0.349 e. The topological polar surface area (TPSA) is 46.2 Å². The van der Waals surface area contributed by atoms with E-state index in [1.807, 2.05) is 0 Å². The molecule has 1 N–H and O–H groups in total. The van der Waals surface area contributed by atoms with Gasteiger partial charge in [-0.05, 0) is 6.42 Å². The third kappa shape index (κ3) is 2.87. The van der Waals surface area contributed by atoms with Gasteiger partial charge in [0.15, 0.2) is 0 Å². The molecule has 0 aliphatic rings. The normalized spacial score (nSPS) is 14.5. The summed E-state index contributed by atoms with van der Waals surface area (Å²) < 4.78 is 60.1. The number of amides is 1. The average Bonchev–Trinajstić information content (AvgIpc) is 2.11. The van der Waals surface area contributed by atoms with Crippen LogP contribution in [-0.4, -0.2) is 30.3 Å². The molecule has 15 heavy (non-hydrogen) atoms. The predicted octanol–water partition coefficient (Wildman–Crippen LogP) is 1.28. The second-order valence-corrected chi connectivity index (χ2v) is 2.68. The van der Waals surface area contributed by atoms with Crippen molar-refractivity contribution in [2.45, 2.75) is 31.5 Å². The lowest BCUT2D eigenvalue weighted by atomic mass is 10.0. The summed E-state index contributed by atoms with van der Waals surface area (Å²) in [5, 5.41) is 1.60. The summed E-state index contributed by atoms with van der Waals surface area (Å²) >= 11 is 0. The fourth-order valence-electron chi connectivity index (χ4n) is 0.820. The van der Waals surface area contributed by atoms with Gasteiger partial charge in [0.1, 0.15) is 0 Å². The van der Waals surface area contributed by atoms with Crippen LogP contribution in [0.5, 0.6) is 0 Å². The highest BCUT2D eigenvalue weighted by Crippen LogP contribution is 2.37. The standard InChI is InChI=1S/C7H8F5NO2/c1-2-4(13-3-14)5(15)6(8,9)7(10,11)12/h3-4H,2H2,1H3,(H,13,14)/t4-/m0/s1. The third-order valence-electron chi connectivity index (χ3n) is 1.66. The zero-order valence-electron chi connectivity index (χ0n) is 7.57. The number of halogens is 5. The molecule has 0 aromatic rings. The molecule has 3 nitrogen and oxygen atoms in total. The molecule has 1 atom stereocenters. The van der Waals surface area contributed by atoms with E-state index in [0.29, 0.717) is 0 Å². The van der Waals surface area contributed by atoms with E-state index in [9.17, 15) is 31.5 Å². The van der Waals surface area contributed by atoms with Crippen molar-refractivity contribution in [2.24, 2.45) is 0 Å². The van der Waals surface area contributed by atoms with Crippen LogP contribution in [0.25, 0.3) is 0 Å². The molecular formula is C7H8F5NO2. The molecule has 0 aliphatic carbocycles. The van der Waals surface area contributed by atoms with Gasteiger partial charge in [-0.15, -0.1) is 0 Å². The van der Waals surface area contributed by atoms with Crippen molar-refractivity contribution >= 4 is 12.2 Å². The Morgan fingerprint density at radius 1 is 1.33 bits per heavy atom. The number of ketones is 1. The monoisotopic (exact) mass is 233 g/mol. The van der Waals surface area contributed by atoms with E-state index in [-0.39, 0.29) is 12.8 Å². The lowest BCUT2D eigenvalue weighted by Gasteiger charge is -2.22. The van der Waals surface area contributed by atoms with Crippen molar-refractivity contribution in [3.63, 3.8) is 0 Å². The molecule has 0 fully saturated rings. The maximum atomic E-state index is 12.5. The number of nitrogens with one attached hydrogen (secondary N) is 1. The zero-order valence-corrected chi connectivity index (χ0v) is 7.57. The van der Waals surface area contributed by atoms with Gasteiger partial charge in [-0.3, -0.25) is 9.59 Å². The molecule has 88 valence electrons. The number of carbonyl (C=O) groups excluding carboxylic acids is 2. The number of hydrogen-bond acceptors (Lipinski definition) is 2. The highest BCUT2D eigenvalue weighted by Gasteiger charge is 2.64. The summed E-state index contributed by atoms with van der Waals surface area (Å²) in [7, 11) is 0. The van der Waals surface area contributed by atoms with Crippen molar-refractivity contribution in [3.05, 3.63) is 0 Å². The summed E-state index contributed by atoms with van der Waals surface area (Å²) in [4.78, 5) is 20.6. The van der Waals surface area contributed by atoms with E-state index in [1.54, 1.807) is 5.32 Å². The Morgan fingerprint density at radius 2 is 1.80 bits per heavy atom. The summed E-state index contributed by atoms with van der Waals surface area (Å²) in [5.41, 5.74) is 0. The molecule has 0 rings (SSSR count). The maximum Gasteiger partial charge on any atom is 0.461 e. The van der Waals surface area contributed by atoms with Gasteiger partial charge in [0.2, 0.25) is 12.2 Å². The zero-order chi connectivity index (χ0) is 12.3. The van der Waals surface area contributed by atoms with Crippen molar-refractivity contribution < 1.29 is 31.5 Å². The Hall–Kier alpha value is -1.21. The van der Waals surface area contributed by atoms with Crippen molar-refractivity contribution in [1.29, 1.82) is 0 Å². The molecule has 0 spiro atoms. The van der Waals surface area contributed by atoms with Gasteiger partial charge in [0.05, 0.1) is 6.04 Å². The van der Waals surface area contributed by atoms with E-state index >= 15 is 0 Å². The van der Waals surface area contributed by atoms with E-state index < -0.39 is 23.9 Å². The van der Waals surface area contributed by atoms with Crippen LogP contribution < -0.4 is 5.32 Å². The molecule has 0 saturated carbocycles. The lowest BCUT2D eigenvalue weighted by molar-refractivity contribution is -0.269. The molecule has 0 aromatic carbocycles. The average molecular weight is 233 g/mol. The van der Waals surface area contributed by atoms with Crippen LogP contribution >= 0.6 is 0 Å². The molecule has 0 aromatic heterocycles. The number of carbonyl (C=O) groups is 2. The number of alkyl halides is 5. The second kappa shape index (κ2) is 4.54. The molecule has 0 aliphatic heterocycles. The Labute approximate surface area is 81.6 Å². The molecule has 0 saturated heterocycles. The van der Waals surface area contributed by atoms with Crippen LogP contribution in [0.3, 0.4) is 0 Å². The molecule has 0 radical (unpaired) electrons.